The van der Waals surface area contributed by atoms with Crippen molar-refractivity contribution in [1.82, 2.24) is 20.3 Å². The van der Waals surface area contributed by atoms with Crippen LogP contribution in [0, 0.1) is 0 Å². The van der Waals surface area contributed by atoms with Crippen LogP contribution in [0.25, 0.3) is 11.0 Å². The Balaban J connectivity index is 1.57. The van der Waals surface area contributed by atoms with Crippen molar-refractivity contribution in [3.63, 3.8) is 0 Å². The lowest BCUT2D eigenvalue weighted by atomic mass is 10.2. The van der Waals surface area contributed by atoms with Crippen molar-refractivity contribution in [3.8, 4) is 0 Å². The largest absolute Gasteiger partial charge is 0.462 e. The van der Waals surface area contributed by atoms with Gasteiger partial charge in [-0.1, -0.05) is 12.1 Å². The van der Waals surface area contributed by atoms with Gasteiger partial charge in [-0.2, -0.15) is 9.90 Å². The molecule has 0 aliphatic carbocycles. The number of fused-ring (bicyclic) bond motifs is 1. The molecule has 7 heteroatoms. The first-order valence-corrected chi connectivity index (χ1v) is 6.71. The van der Waals surface area contributed by atoms with E-state index in [9.17, 15) is 4.79 Å². The highest BCUT2D eigenvalue weighted by Crippen LogP contribution is 2.24. The summed E-state index contributed by atoms with van der Waals surface area (Å²) in [5.74, 6) is -0.294. The summed E-state index contributed by atoms with van der Waals surface area (Å²) in [5, 5.41) is 15.2. The highest BCUT2D eigenvalue weighted by Gasteiger charge is 2.22. The van der Waals surface area contributed by atoms with Gasteiger partial charge in [0.25, 0.3) is 5.91 Å². The average Bonchev–Trinajstić information content (AvgIpc) is 3.05. The Bertz CT molecular complexity index is 802. The summed E-state index contributed by atoms with van der Waals surface area (Å²) in [6.45, 7) is 1.67. The predicted octanol–water partition coefficient (Wildman–Crippen LogP) is 1.42. The fraction of sp³-hybridized carbons (Fsp3) is 0.214. The number of carbonyl (C=O) groups excluding carboxylic acids is 1. The van der Waals surface area contributed by atoms with E-state index >= 15 is 0 Å². The molecule has 1 fully saturated rings. The van der Waals surface area contributed by atoms with Crippen LogP contribution in [0.1, 0.15) is 16.5 Å². The maximum atomic E-state index is 12.2. The number of furan rings is 1. The third-order valence-electron chi connectivity index (χ3n) is 3.55. The van der Waals surface area contributed by atoms with Gasteiger partial charge >= 0.3 is 0 Å². The van der Waals surface area contributed by atoms with Gasteiger partial charge in [0.05, 0.1) is 24.2 Å². The van der Waals surface area contributed by atoms with Crippen molar-refractivity contribution in [3.05, 3.63) is 42.4 Å². The van der Waals surface area contributed by atoms with Crippen LogP contribution < -0.4 is 10.6 Å². The Morgan fingerprint density at radius 3 is 3.10 bits per heavy atom. The van der Waals surface area contributed by atoms with Crippen LogP contribution in [0.5, 0.6) is 0 Å². The minimum absolute atomic E-state index is 0.236. The molecule has 3 heterocycles. The number of hydrogen-bond donors (Lipinski definition) is 2. The molecule has 2 N–H and O–H groups in total. The molecule has 1 aromatic carbocycles. The lowest BCUT2D eigenvalue weighted by Crippen LogP contribution is -2.44. The lowest BCUT2D eigenvalue weighted by molar-refractivity contribution is 0.102. The molecule has 1 aliphatic heterocycles. The third kappa shape index (κ3) is 2.07. The van der Waals surface area contributed by atoms with Crippen molar-refractivity contribution < 1.29 is 9.21 Å². The zero-order valence-corrected chi connectivity index (χ0v) is 11.1. The molecule has 1 saturated heterocycles. The minimum atomic E-state index is -0.294. The number of rotatable bonds is 3. The Labute approximate surface area is 119 Å². The van der Waals surface area contributed by atoms with Crippen molar-refractivity contribution >= 4 is 22.6 Å². The van der Waals surface area contributed by atoms with Gasteiger partial charge in [-0.05, 0) is 12.1 Å². The molecule has 7 nitrogen and oxygen atoms in total. The zero-order valence-electron chi connectivity index (χ0n) is 11.1. The molecule has 106 valence electrons. The van der Waals surface area contributed by atoms with Gasteiger partial charge in [-0.25, -0.2) is 0 Å². The predicted molar refractivity (Wildman–Crippen MR) is 76.1 cm³/mol. The summed E-state index contributed by atoms with van der Waals surface area (Å²) in [5.41, 5.74) is 1.58. The molecule has 4 rings (SSSR count). The molecule has 0 spiro atoms. The van der Waals surface area contributed by atoms with E-state index in [4.69, 9.17) is 4.42 Å². The van der Waals surface area contributed by atoms with E-state index in [2.05, 4.69) is 20.8 Å². The van der Waals surface area contributed by atoms with Crippen molar-refractivity contribution in [2.24, 2.45) is 0 Å². The first kappa shape index (κ1) is 12.1. The van der Waals surface area contributed by atoms with Crippen LogP contribution in [-0.4, -0.2) is 34.0 Å². The molecular formula is C14H13N5O2. The fourth-order valence-corrected chi connectivity index (χ4v) is 2.27. The van der Waals surface area contributed by atoms with Crippen LogP contribution >= 0.6 is 0 Å². The first-order chi connectivity index (χ1) is 10.3. The Morgan fingerprint density at radius 1 is 1.38 bits per heavy atom. The van der Waals surface area contributed by atoms with Gasteiger partial charge in [0, 0.05) is 18.5 Å². The van der Waals surface area contributed by atoms with Gasteiger partial charge in [0.15, 0.2) is 11.3 Å². The van der Waals surface area contributed by atoms with E-state index in [1.807, 2.05) is 18.2 Å². The van der Waals surface area contributed by atoms with Gasteiger partial charge < -0.3 is 15.1 Å². The van der Waals surface area contributed by atoms with E-state index in [1.54, 1.807) is 17.1 Å². The Hall–Kier alpha value is -2.67. The Morgan fingerprint density at radius 2 is 2.29 bits per heavy atom. The number of anilines is 1. The quantitative estimate of drug-likeness (QED) is 0.759. The molecule has 1 amide bonds. The first-order valence-electron chi connectivity index (χ1n) is 6.71. The molecule has 0 unspecified atom stereocenters. The summed E-state index contributed by atoms with van der Waals surface area (Å²) in [6.07, 6.45) is 3.08. The smallest absolute Gasteiger partial charge is 0.277 e. The molecule has 0 bridgehead atoms. The van der Waals surface area contributed by atoms with Gasteiger partial charge in [-0.15, -0.1) is 5.10 Å². The van der Waals surface area contributed by atoms with Crippen LogP contribution in [0.15, 0.2) is 41.1 Å². The van der Waals surface area contributed by atoms with E-state index in [0.29, 0.717) is 17.0 Å². The molecule has 3 aromatic rings. The number of amides is 1. The maximum Gasteiger partial charge on any atom is 0.277 e. The van der Waals surface area contributed by atoms with Gasteiger partial charge in [0.2, 0.25) is 0 Å². The van der Waals surface area contributed by atoms with Crippen LogP contribution in [0.3, 0.4) is 0 Å². The molecule has 2 aromatic heterocycles. The van der Waals surface area contributed by atoms with Crippen molar-refractivity contribution in [2.75, 3.05) is 18.4 Å². The van der Waals surface area contributed by atoms with Crippen LogP contribution in [0.2, 0.25) is 0 Å². The molecular weight excluding hydrogens is 270 g/mol. The summed E-state index contributed by atoms with van der Waals surface area (Å²) in [4.78, 5) is 13.8. The molecule has 1 aliphatic rings. The summed E-state index contributed by atoms with van der Waals surface area (Å²) < 4.78 is 5.39. The number of para-hydroxylation sites is 1. The summed E-state index contributed by atoms with van der Waals surface area (Å²) >= 11 is 0. The highest BCUT2D eigenvalue weighted by atomic mass is 16.3. The number of carbonyl (C=O) groups is 1. The number of benzene rings is 1. The van der Waals surface area contributed by atoms with Gasteiger partial charge in [-0.3, -0.25) is 4.79 Å². The maximum absolute atomic E-state index is 12.2. The summed E-state index contributed by atoms with van der Waals surface area (Å²) in [7, 11) is 0. The second kappa shape index (κ2) is 4.71. The number of hydrogen-bond acceptors (Lipinski definition) is 5. The number of nitrogens with one attached hydrogen (secondary N) is 2. The van der Waals surface area contributed by atoms with E-state index in [1.165, 1.54) is 6.20 Å². The standard InChI is InChI=1S/C14H13N5O2/c20-14(12-8-16-19(18-12)10-6-15-7-10)17-11-3-1-2-9-4-5-21-13(9)11/h1-5,8,10,15H,6-7H2,(H,17,20). The van der Waals surface area contributed by atoms with E-state index < -0.39 is 0 Å². The zero-order chi connectivity index (χ0) is 14.2. The topological polar surface area (TPSA) is 85.0 Å². The fourth-order valence-electron chi connectivity index (χ4n) is 2.27. The molecule has 0 radical (unpaired) electrons. The third-order valence-corrected chi connectivity index (χ3v) is 3.55. The van der Waals surface area contributed by atoms with E-state index in [-0.39, 0.29) is 11.9 Å². The monoisotopic (exact) mass is 283 g/mol. The van der Waals surface area contributed by atoms with Crippen molar-refractivity contribution in [2.45, 2.75) is 6.04 Å². The van der Waals surface area contributed by atoms with Crippen LogP contribution in [-0.2, 0) is 0 Å². The molecule has 0 saturated carbocycles. The second-order valence-electron chi connectivity index (χ2n) is 4.96. The highest BCUT2D eigenvalue weighted by molar-refractivity contribution is 6.06. The summed E-state index contributed by atoms with van der Waals surface area (Å²) in [6, 6.07) is 7.67. The normalized spacial score (nSPS) is 15.0. The average molecular weight is 283 g/mol. The number of nitrogens with zero attached hydrogens (tertiary/aromatic N) is 3. The molecule has 21 heavy (non-hydrogen) atoms. The minimum Gasteiger partial charge on any atom is -0.462 e. The SMILES string of the molecule is O=C(Nc1cccc2ccoc12)c1cnn(C2CNC2)n1. The molecule has 0 atom stereocenters. The van der Waals surface area contributed by atoms with Crippen molar-refractivity contribution in [1.29, 1.82) is 0 Å². The van der Waals surface area contributed by atoms with Crippen LogP contribution in [0.4, 0.5) is 5.69 Å². The van der Waals surface area contributed by atoms with E-state index in [0.717, 1.165) is 18.5 Å². The lowest BCUT2D eigenvalue weighted by Gasteiger charge is -2.25. The second-order valence-corrected chi connectivity index (χ2v) is 4.96. The van der Waals surface area contributed by atoms with Gasteiger partial charge in [0.1, 0.15) is 0 Å². The Kier molecular flexibility index (Phi) is 2.71. The number of aromatic nitrogens is 3.